The number of hydrazone groups is 1. The predicted molar refractivity (Wildman–Crippen MR) is 125 cm³/mol. The Morgan fingerprint density at radius 2 is 1.91 bits per heavy atom. The molecular weight excluding hydrogens is 408 g/mol. The minimum Gasteiger partial charge on any atom is -0.612 e. The van der Waals surface area contributed by atoms with Crippen molar-refractivity contribution in [2.75, 3.05) is 32.8 Å². The van der Waals surface area contributed by atoms with Crippen molar-refractivity contribution in [1.29, 1.82) is 0 Å². The van der Waals surface area contributed by atoms with Crippen molar-refractivity contribution in [2.45, 2.75) is 33.6 Å². The Labute approximate surface area is 189 Å². The second-order valence-electron chi connectivity index (χ2n) is 9.38. The molecule has 1 N–H and O–H groups in total. The maximum atomic E-state index is 10.9. The average Bonchev–Trinajstić information content (AvgIpc) is 3.24. The van der Waals surface area contributed by atoms with E-state index in [1.165, 1.54) is 17.7 Å². The first kappa shape index (κ1) is 22.6. The highest BCUT2D eigenvalue weighted by Crippen LogP contribution is 2.40. The third kappa shape index (κ3) is 5.24. The Balaban J connectivity index is 1.40. The molecule has 8 heteroatoms. The summed E-state index contributed by atoms with van der Waals surface area (Å²) in [7, 11) is 0. The quantitative estimate of drug-likeness (QED) is 0.400. The van der Waals surface area contributed by atoms with Crippen LogP contribution in [0.1, 0.15) is 33.6 Å². The molecule has 1 saturated heterocycles. The highest BCUT2D eigenvalue weighted by Gasteiger charge is 2.34. The maximum Gasteiger partial charge on any atom is 0.222 e. The fraction of sp³-hybridized carbons (Fsp3) is 0.583. The smallest absolute Gasteiger partial charge is 0.222 e. The summed E-state index contributed by atoms with van der Waals surface area (Å²) in [4.78, 5) is 2.13. The molecule has 2 aliphatic heterocycles. The molecule has 0 aromatic rings. The Morgan fingerprint density at radius 1 is 1.19 bits per heavy atom. The van der Waals surface area contributed by atoms with E-state index in [4.69, 9.17) is 9.47 Å². The van der Waals surface area contributed by atoms with Crippen LogP contribution in [0.5, 0.6) is 0 Å². The van der Waals surface area contributed by atoms with Gasteiger partial charge < -0.3 is 19.9 Å². The van der Waals surface area contributed by atoms with E-state index in [1.54, 1.807) is 12.2 Å². The van der Waals surface area contributed by atoms with Crippen molar-refractivity contribution < 1.29 is 14.4 Å². The summed E-state index contributed by atoms with van der Waals surface area (Å²) >= 11 is 0. The van der Waals surface area contributed by atoms with E-state index in [0.29, 0.717) is 35.5 Å². The lowest BCUT2D eigenvalue weighted by Gasteiger charge is -2.40. The lowest BCUT2D eigenvalue weighted by molar-refractivity contribution is -0.377. The summed E-state index contributed by atoms with van der Waals surface area (Å²) in [5, 5.41) is 26.1. The van der Waals surface area contributed by atoms with Gasteiger partial charge in [0, 0.05) is 43.8 Å². The lowest BCUT2D eigenvalue weighted by atomic mass is 9.69. The van der Waals surface area contributed by atoms with E-state index < -0.39 is 4.90 Å². The molecule has 0 amide bonds. The van der Waals surface area contributed by atoms with E-state index in [1.807, 2.05) is 0 Å². The SMILES string of the molecule is CC1=C[C@@H](CN2CCOCC2)[C@H](C(C)C)C[C@H]1CC1=NNC(=C2C=CC(=[N+]([O-])[O-])C=C2)O1. The molecule has 0 unspecified atom stereocenters. The fourth-order valence-corrected chi connectivity index (χ4v) is 5.00. The van der Waals surface area contributed by atoms with Crippen LogP contribution in [0.25, 0.3) is 0 Å². The Kier molecular flexibility index (Phi) is 7.01. The van der Waals surface area contributed by atoms with E-state index in [-0.39, 0.29) is 5.71 Å². The number of nitrogens with one attached hydrogen (secondary N) is 1. The predicted octanol–water partition coefficient (Wildman–Crippen LogP) is 3.28. The Hall–Kier alpha value is -2.58. The zero-order chi connectivity index (χ0) is 22.7. The molecule has 0 saturated carbocycles. The van der Waals surface area contributed by atoms with Crippen molar-refractivity contribution >= 4 is 11.6 Å². The number of allylic oxidation sites excluding steroid dienone is 6. The third-order valence-electron chi connectivity index (χ3n) is 6.92. The molecule has 8 nitrogen and oxygen atoms in total. The highest BCUT2D eigenvalue weighted by atomic mass is 16.8. The highest BCUT2D eigenvalue weighted by molar-refractivity contribution is 6.02. The van der Waals surface area contributed by atoms with Crippen molar-refractivity contribution in [3.8, 4) is 0 Å². The van der Waals surface area contributed by atoms with Gasteiger partial charge in [0.1, 0.15) is 0 Å². The van der Waals surface area contributed by atoms with Gasteiger partial charge in [0.2, 0.25) is 17.5 Å². The maximum absolute atomic E-state index is 10.9. The molecule has 4 aliphatic rings. The average molecular weight is 442 g/mol. The molecular formula is C24H33N4O4-. The second-order valence-corrected chi connectivity index (χ2v) is 9.38. The fourth-order valence-electron chi connectivity index (χ4n) is 5.00. The van der Waals surface area contributed by atoms with Crippen LogP contribution in [0, 0.1) is 34.1 Å². The summed E-state index contributed by atoms with van der Waals surface area (Å²) in [6, 6.07) is 0. The monoisotopic (exact) mass is 441 g/mol. The standard InChI is InChI=1S/C24H33N4O4/c1-16(2)22-13-19(17(3)12-20(22)15-27-8-10-31-11-9-27)14-23-25-26-24(32-23)18-4-6-21(7-5-18)28(29)30/h4-7,12,16,19-20,22,26H,8-11,13-15H2,1-3H3/q-1/t19-,20-,22-/m0/s1. The van der Waals surface area contributed by atoms with Gasteiger partial charge in [-0.1, -0.05) is 25.5 Å². The first-order chi connectivity index (χ1) is 15.4. The molecule has 4 rings (SSSR count). The van der Waals surface area contributed by atoms with Gasteiger partial charge in [0.15, 0.2) is 0 Å². The van der Waals surface area contributed by atoms with Gasteiger partial charge in [-0.25, -0.2) is 5.43 Å². The number of nitrogens with zero attached hydrogens (tertiary/aromatic N) is 3. The zero-order valence-corrected chi connectivity index (χ0v) is 19.1. The molecule has 0 spiro atoms. The van der Waals surface area contributed by atoms with E-state index in [0.717, 1.165) is 51.3 Å². The number of ether oxygens (including phenoxy) is 2. The molecule has 0 bridgehead atoms. The summed E-state index contributed by atoms with van der Waals surface area (Å²) in [5.74, 6) is 3.40. The van der Waals surface area contributed by atoms with Gasteiger partial charge in [0.25, 0.3) is 0 Å². The molecule has 0 aromatic carbocycles. The summed E-state index contributed by atoms with van der Waals surface area (Å²) in [5.41, 5.74) is 5.16. The van der Waals surface area contributed by atoms with Crippen LogP contribution in [0.3, 0.4) is 0 Å². The zero-order valence-electron chi connectivity index (χ0n) is 19.1. The Bertz CT molecular complexity index is 872. The van der Waals surface area contributed by atoms with Crippen molar-refractivity contribution in [3.05, 3.63) is 57.8 Å². The first-order valence-corrected chi connectivity index (χ1v) is 11.5. The van der Waals surface area contributed by atoms with Crippen LogP contribution in [0.15, 0.2) is 52.5 Å². The summed E-state index contributed by atoms with van der Waals surface area (Å²) in [6.45, 7) is 11.7. The molecule has 3 atom stereocenters. The van der Waals surface area contributed by atoms with Crippen LogP contribution in [0.2, 0.25) is 0 Å². The van der Waals surface area contributed by atoms with Gasteiger partial charge >= 0.3 is 0 Å². The van der Waals surface area contributed by atoms with Crippen molar-refractivity contribution in [1.82, 2.24) is 10.3 Å². The molecule has 2 aliphatic carbocycles. The van der Waals surface area contributed by atoms with Gasteiger partial charge in [-0.3, -0.25) is 4.90 Å². The second kappa shape index (κ2) is 9.92. The van der Waals surface area contributed by atoms with Crippen LogP contribution in [-0.2, 0) is 9.47 Å². The number of hydrogen-bond acceptors (Lipinski definition) is 7. The molecule has 0 radical (unpaired) electrons. The molecule has 1 fully saturated rings. The van der Waals surface area contributed by atoms with Crippen LogP contribution < -0.4 is 5.43 Å². The number of rotatable bonds is 5. The van der Waals surface area contributed by atoms with Gasteiger partial charge in [-0.05, 0) is 49.2 Å². The molecule has 2 heterocycles. The lowest BCUT2D eigenvalue weighted by Crippen LogP contribution is -2.42. The van der Waals surface area contributed by atoms with Gasteiger partial charge in [0.05, 0.1) is 13.2 Å². The Morgan fingerprint density at radius 3 is 2.56 bits per heavy atom. The summed E-state index contributed by atoms with van der Waals surface area (Å²) in [6.07, 6.45) is 10.7. The third-order valence-corrected chi connectivity index (χ3v) is 6.92. The van der Waals surface area contributed by atoms with Gasteiger partial charge in [-0.2, -0.15) is 4.90 Å². The minimum atomic E-state index is -0.408. The first-order valence-electron chi connectivity index (χ1n) is 11.5. The largest absolute Gasteiger partial charge is 0.612 e. The van der Waals surface area contributed by atoms with Crippen LogP contribution in [0.4, 0.5) is 0 Å². The number of morpholine rings is 1. The van der Waals surface area contributed by atoms with Crippen LogP contribution in [-0.4, -0.2) is 54.3 Å². The van der Waals surface area contributed by atoms with Crippen LogP contribution >= 0.6 is 0 Å². The normalized spacial score (nSPS) is 28.5. The van der Waals surface area contributed by atoms with E-state index in [2.05, 4.69) is 42.3 Å². The molecule has 174 valence electrons. The van der Waals surface area contributed by atoms with Crippen molar-refractivity contribution in [3.63, 3.8) is 0 Å². The topological polar surface area (TPSA) is 95.2 Å². The van der Waals surface area contributed by atoms with Crippen molar-refractivity contribution in [2.24, 2.45) is 28.8 Å². The van der Waals surface area contributed by atoms with Gasteiger partial charge in [-0.15, -0.1) is 5.10 Å². The summed E-state index contributed by atoms with van der Waals surface area (Å²) < 4.78 is 11.5. The molecule has 32 heavy (non-hydrogen) atoms. The minimum absolute atomic E-state index is 0.0582. The van der Waals surface area contributed by atoms with E-state index >= 15 is 0 Å². The van der Waals surface area contributed by atoms with E-state index in [9.17, 15) is 10.4 Å². The molecule has 0 aromatic heterocycles. The number of hydrogen-bond donors (Lipinski definition) is 1.